The highest BCUT2D eigenvalue weighted by molar-refractivity contribution is 7.91. The molecule has 0 unspecified atom stereocenters. The van der Waals surface area contributed by atoms with Gasteiger partial charge < -0.3 is 5.32 Å². The first-order chi connectivity index (χ1) is 13.5. The zero-order chi connectivity index (χ0) is 21.4. The maximum absolute atomic E-state index is 12.6. The molecule has 2 aliphatic heterocycles. The molecule has 0 radical (unpaired) electrons. The predicted molar refractivity (Wildman–Crippen MR) is 105 cm³/mol. The smallest absolute Gasteiger partial charge is 0.267 e. The van der Waals surface area contributed by atoms with E-state index in [1.54, 1.807) is 19.1 Å². The molecule has 0 saturated carbocycles. The summed E-state index contributed by atoms with van der Waals surface area (Å²) >= 11 is 0. The number of sulfone groups is 1. The van der Waals surface area contributed by atoms with Gasteiger partial charge in [0.1, 0.15) is 5.71 Å². The number of carbonyl (C=O) groups is 2. The molecule has 1 fully saturated rings. The van der Waals surface area contributed by atoms with Gasteiger partial charge in [0, 0.05) is 12.8 Å². The minimum atomic E-state index is -3.80. The largest absolute Gasteiger partial charge is 0.344 e. The Morgan fingerprint density at radius 3 is 2.48 bits per heavy atom. The van der Waals surface area contributed by atoms with Gasteiger partial charge in [-0.2, -0.15) is 5.10 Å². The third kappa shape index (κ3) is 5.00. The molecule has 158 valence electrons. The van der Waals surface area contributed by atoms with E-state index in [2.05, 4.69) is 10.4 Å². The highest BCUT2D eigenvalue weighted by Crippen LogP contribution is 2.22. The number of primary sulfonamides is 1. The van der Waals surface area contributed by atoms with Crippen LogP contribution in [0.5, 0.6) is 0 Å². The van der Waals surface area contributed by atoms with Gasteiger partial charge >= 0.3 is 0 Å². The zero-order valence-corrected chi connectivity index (χ0v) is 17.4. The van der Waals surface area contributed by atoms with Gasteiger partial charge in [-0.3, -0.25) is 9.59 Å². The monoisotopic (exact) mass is 442 g/mol. The number of nitrogens with zero attached hydrogens (tertiary/aromatic N) is 2. The van der Waals surface area contributed by atoms with Crippen molar-refractivity contribution in [2.75, 3.05) is 11.5 Å². The average molecular weight is 443 g/mol. The number of rotatable bonds is 5. The van der Waals surface area contributed by atoms with Gasteiger partial charge in [-0.15, -0.1) is 0 Å². The average Bonchev–Trinajstić information content (AvgIpc) is 3.01. The number of nitrogens with two attached hydrogens (primary N) is 1. The van der Waals surface area contributed by atoms with Gasteiger partial charge in [0.25, 0.3) is 5.91 Å². The van der Waals surface area contributed by atoms with Crippen molar-refractivity contribution in [2.45, 2.75) is 43.2 Å². The van der Waals surface area contributed by atoms with Crippen LogP contribution in [0.25, 0.3) is 0 Å². The molecule has 3 rings (SSSR count). The minimum Gasteiger partial charge on any atom is -0.344 e. The van der Waals surface area contributed by atoms with E-state index in [0.717, 1.165) is 5.01 Å². The summed E-state index contributed by atoms with van der Waals surface area (Å²) in [5.74, 6) is -0.907. The molecule has 0 bridgehead atoms. The van der Waals surface area contributed by atoms with Crippen molar-refractivity contribution in [3.63, 3.8) is 0 Å². The Morgan fingerprint density at radius 2 is 1.93 bits per heavy atom. The van der Waals surface area contributed by atoms with Crippen LogP contribution < -0.4 is 10.5 Å². The zero-order valence-electron chi connectivity index (χ0n) is 15.7. The van der Waals surface area contributed by atoms with Crippen LogP contribution in [0.4, 0.5) is 0 Å². The van der Waals surface area contributed by atoms with Crippen LogP contribution in [-0.2, 0) is 29.4 Å². The number of sulfonamides is 1. The summed E-state index contributed by atoms with van der Waals surface area (Å²) < 4.78 is 46.0. The van der Waals surface area contributed by atoms with Crippen LogP contribution >= 0.6 is 0 Å². The first-order valence-electron chi connectivity index (χ1n) is 9.00. The second-order valence-corrected chi connectivity index (χ2v) is 10.9. The Bertz CT molecular complexity index is 1060. The van der Waals surface area contributed by atoms with Crippen molar-refractivity contribution in [3.05, 3.63) is 29.8 Å². The molecule has 1 aromatic rings. The lowest BCUT2D eigenvalue weighted by Crippen LogP contribution is -2.44. The summed E-state index contributed by atoms with van der Waals surface area (Å²) in [5.41, 5.74) is 0.818. The van der Waals surface area contributed by atoms with Gasteiger partial charge in [0.2, 0.25) is 15.9 Å². The molecule has 1 saturated heterocycles. The molecule has 0 aliphatic carbocycles. The molecule has 1 aromatic carbocycles. The molecule has 0 aromatic heterocycles. The molecule has 2 atom stereocenters. The first kappa shape index (κ1) is 21.4. The van der Waals surface area contributed by atoms with Crippen LogP contribution in [0, 0.1) is 0 Å². The molecular formula is C17H22N4O6S2. The third-order valence-electron chi connectivity index (χ3n) is 4.93. The van der Waals surface area contributed by atoms with Gasteiger partial charge in [-0.05, 0) is 31.0 Å². The first-order valence-corrected chi connectivity index (χ1v) is 12.4. The van der Waals surface area contributed by atoms with Gasteiger partial charge in [-0.1, -0.05) is 12.1 Å². The molecule has 2 aliphatic rings. The SMILES string of the molecule is C[C@@H](NC(=O)C1=NN([C@H]2CCS(=O)(=O)C2)C(=O)CC1)c1ccc(S(N)(=O)=O)cc1. The molecule has 29 heavy (non-hydrogen) atoms. The van der Waals surface area contributed by atoms with Gasteiger partial charge in [0.15, 0.2) is 9.84 Å². The molecular weight excluding hydrogens is 420 g/mol. The van der Waals surface area contributed by atoms with Crippen LogP contribution in [0.15, 0.2) is 34.3 Å². The fraction of sp³-hybridized carbons (Fsp3) is 0.471. The van der Waals surface area contributed by atoms with Crippen LogP contribution in [0.3, 0.4) is 0 Å². The van der Waals surface area contributed by atoms with E-state index in [9.17, 15) is 26.4 Å². The second kappa shape index (κ2) is 7.84. The molecule has 12 heteroatoms. The van der Waals surface area contributed by atoms with E-state index < -0.39 is 37.9 Å². The van der Waals surface area contributed by atoms with Crippen molar-refractivity contribution < 1.29 is 26.4 Å². The predicted octanol–water partition coefficient (Wildman–Crippen LogP) is -0.323. The van der Waals surface area contributed by atoms with Crippen molar-refractivity contribution in [2.24, 2.45) is 10.2 Å². The summed E-state index contributed by atoms with van der Waals surface area (Å²) in [7, 11) is -6.99. The topological polar surface area (TPSA) is 156 Å². The lowest BCUT2D eigenvalue weighted by atomic mass is 10.1. The number of hydrazone groups is 1. The summed E-state index contributed by atoms with van der Waals surface area (Å²) in [6.45, 7) is 1.72. The van der Waals surface area contributed by atoms with Crippen LogP contribution in [0.2, 0.25) is 0 Å². The molecule has 2 heterocycles. The Balaban J connectivity index is 1.71. The van der Waals surface area contributed by atoms with Gasteiger partial charge in [0.05, 0.1) is 28.5 Å². The molecule has 10 nitrogen and oxygen atoms in total. The van der Waals surface area contributed by atoms with Gasteiger partial charge in [-0.25, -0.2) is 27.0 Å². The van der Waals surface area contributed by atoms with E-state index in [1.807, 2.05) is 0 Å². The number of benzene rings is 1. The lowest BCUT2D eigenvalue weighted by molar-refractivity contribution is -0.133. The minimum absolute atomic E-state index is 0.00401. The standard InChI is InChI=1S/C17H22N4O6S2/c1-11(12-2-4-14(5-3-12)29(18,26)27)19-17(23)15-6-7-16(22)21(20-15)13-8-9-28(24,25)10-13/h2-5,11,13H,6-10H2,1H3,(H,19,23)(H2,18,26,27)/t11-,13+/m1/s1. The number of carbonyl (C=O) groups excluding carboxylic acids is 2. The van der Waals surface area contributed by atoms with Crippen molar-refractivity contribution in [1.29, 1.82) is 0 Å². The fourth-order valence-corrected chi connectivity index (χ4v) is 5.51. The fourth-order valence-electron chi connectivity index (χ4n) is 3.30. The van der Waals surface area contributed by atoms with Crippen molar-refractivity contribution in [1.82, 2.24) is 10.3 Å². The quantitative estimate of drug-likeness (QED) is 0.636. The summed E-state index contributed by atoms with van der Waals surface area (Å²) in [5, 5.41) is 13.1. The third-order valence-corrected chi connectivity index (χ3v) is 7.61. The Labute approximate surface area is 169 Å². The van der Waals surface area contributed by atoms with E-state index in [4.69, 9.17) is 5.14 Å². The Morgan fingerprint density at radius 1 is 1.28 bits per heavy atom. The Kier molecular flexibility index (Phi) is 5.79. The van der Waals surface area contributed by atoms with Crippen LogP contribution in [-0.4, -0.2) is 56.9 Å². The molecule has 3 N–H and O–H groups in total. The maximum atomic E-state index is 12.6. The lowest BCUT2D eigenvalue weighted by Gasteiger charge is -2.28. The Hall–Kier alpha value is -2.31. The number of hydrogen-bond acceptors (Lipinski definition) is 7. The number of hydrogen-bond donors (Lipinski definition) is 2. The van der Waals surface area contributed by atoms with E-state index in [-0.39, 0.29) is 40.9 Å². The van der Waals surface area contributed by atoms with Crippen LogP contribution in [0.1, 0.15) is 37.8 Å². The number of nitrogens with one attached hydrogen (secondary N) is 1. The summed E-state index contributed by atoms with van der Waals surface area (Å²) in [4.78, 5) is 24.7. The molecule has 2 amide bonds. The number of amides is 2. The second-order valence-electron chi connectivity index (χ2n) is 7.15. The van der Waals surface area contributed by atoms with E-state index >= 15 is 0 Å². The highest BCUT2D eigenvalue weighted by atomic mass is 32.2. The molecule has 0 spiro atoms. The normalized spacial score (nSPS) is 22.8. The summed E-state index contributed by atoms with van der Waals surface area (Å²) in [6.07, 6.45) is 0.553. The van der Waals surface area contributed by atoms with E-state index in [0.29, 0.717) is 12.0 Å². The summed E-state index contributed by atoms with van der Waals surface area (Å²) in [6, 6.07) is 4.81. The van der Waals surface area contributed by atoms with E-state index in [1.165, 1.54) is 12.1 Å². The maximum Gasteiger partial charge on any atom is 0.267 e. The van der Waals surface area contributed by atoms with Crippen molar-refractivity contribution >= 4 is 37.4 Å². The highest BCUT2D eigenvalue weighted by Gasteiger charge is 2.37. The van der Waals surface area contributed by atoms with Crippen molar-refractivity contribution in [3.8, 4) is 0 Å².